The van der Waals surface area contributed by atoms with Crippen LogP contribution >= 0.6 is 0 Å². The van der Waals surface area contributed by atoms with E-state index in [9.17, 15) is 9.00 Å². The number of benzene rings is 1. The largest absolute Gasteiger partial charge is 0.324 e. The molecule has 0 bridgehead atoms. The van der Waals surface area contributed by atoms with Crippen molar-refractivity contribution in [2.24, 2.45) is 0 Å². The van der Waals surface area contributed by atoms with Gasteiger partial charge in [-0.25, -0.2) is 0 Å². The summed E-state index contributed by atoms with van der Waals surface area (Å²) >= 11 is 0. The fraction of sp³-hybridized carbons (Fsp3) is 0.200. The first-order valence-electron chi connectivity index (χ1n) is 4.22. The van der Waals surface area contributed by atoms with Crippen LogP contribution in [-0.4, -0.2) is 22.1 Å². The van der Waals surface area contributed by atoms with Crippen LogP contribution in [0.3, 0.4) is 0 Å². The lowest BCUT2D eigenvalue weighted by Gasteiger charge is -2.04. The van der Waals surface area contributed by atoms with Crippen molar-refractivity contribution in [1.29, 1.82) is 5.26 Å². The second-order valence-corrected chi connectivity index (χ2v) is 4.36. The number of rotatable bonds is 3. The van der Waals surface area contributed by atoms with E-state index >= 15 is 0 Å². The Morgan fingerprint density at radius 2 is 2.20 bits per heavy atom. The van der Waals surface area contributed by atoms with Gasteiger partial charge >= 0.3 is 0 Å². The summed E-state index contributed by atoms with van der Waals surface area (Å²) in [6.45, 7) is 0. The van der Waals surface area contributed by atoms with Crippen LogP contribution in [0.4, 0.5) is 5.69 Å². The molecule has 5 heteroatoms. The third-order valence-corrected chi connectivity index (χ3v) is 2.32. The molecule has 4 nitrogen and oxygen atoms in total. The molecule has 0 aliphatic heterocycles. The molecule has 15 heavy (non-hydrogen) atoms. The zero-order chi connectivity index (χ0) is 11.3. The van der Waals surface area contributed by atoms with E-state index in [-0.39, 0.29) is 11.7 Å². The predicted molar refractivity (Wildman–Crippen MR) is 58.7 cm³/mol. The summed E-state index contributed by atoms with van der Waals surface area (Å²) in [5, 5.41) is 11.3. The normalized spacial score (nSPS) is 11.5. The summed E-state index contributed by atoms with van der Waals surface area (Å²) in [7, 11) is -1.17. The summed E-state index contributed by atoms with van der Waals surface area (Å²) in [6.07, 6.45) is 1.45. The second-order valence-electron chi connectivity index (χ2n) is 2.92. The van der Waals surface area contributed by atoms with Gasteiger partial charge in [-0.3, -0.25) is 9.00 Å². The van der Waals surface area contributed by atoms with Crippen molar-refractivity contribution in [2.75, 3.05) is 17.3 Å². The second kappa shape index (κ2) is 5.27. The zero-order valence-electron chi connectivity index (χ0n) is 8.19. The number of nitrogens with zero attached hydrogens (tertiary/aromatic N) is 1. The molecule has 0 fully saturated rings. The SMILES string of the molecule is CS(=O)CC(=O)Nc1ccccc1C#N. The number of nitriles is 1. The molecule has 1 N–H and O–H groups in total. The molecule has 0 radical (unpaired) electrons. The maximum atomic E-state index is 11.3. The number of hydrogen-bond acceptors (Lipinski definition) is 3. The number of nitrogens with one attached hydrogen (secondary N) is 1. The molecular formula is C10H10N2O2S. The number of anilines is 1. The summed E-state index contributed by atoms with van der Waals surface area (Å²) in [5.41, 5.74) is 0.850. The third-order valence-electron chi connectivity index (χ3n) is 1.66. The van der Waals surface area contributed by atoms with Gasteiger partial charge in [-0.15, -0.1) is 0 Å². The first-order valence-corrected chi connectivity index (χ1v) is 5.95. The number of para-hydroxylation sites is 1. The highest BCUT2D eigenvalue weighted by molar-refractivity contribution is 7.85. The fourth-order valence-corrected chi connectivity index (χ4v) is 1.50. The van der Waals surface area contributed by atoms with Crippen molar-refractivity contribution in [3.05, 3.63) is 29.8 Å². The smallest absolute Gasteiger partial charge is 0.237 e. The van der Waals surface area contributed by atoms with Gasteiger partial charge in [0.05, 0.1) is 11.3 Å². The Balaban J connectivity index is 2.77. The van der Waals surface area contributed by atoms with Gasteiger partial charge in [0, 0.05) is 17.1 Å². The standard InChI is InChI=1S/C10H10N2O2S/c1-15(14)7-10(13)12-9-5-3-2-4-8(9)6-11/h2-5H,7H2,1H3,(H,12,13). The Bertz CT molecular complexity index is 437. The molecule has 1 amide bonds. The molecule has 0 aliphatic carbocycles. The molecule has 78 valence electrons. The quantitative estimate of drug-likeness (QED) is 0.825. The minimum absolute atomic E-state index is 0.0558. The number of hydrogen-bond donors (Lipinski definition) is 1. The van der Waals surface area contributed by atoms with E-state index in [0.717, 1.165) is 0 Å². The van der Waals surface area contributed by atoms with Crippen molar-refractivity contribution >= 4 is 22.4 Å². The van der Waals surface area contributed by atoms with Gasteiger partial charge in [0.2, 0.25) is 5.91 Å². The molecule has 0 spiro atoms. The van der Waals surface area contributed by atoms with Crippen LogP contribution in [0.1, 0.15) is 5.56 Å². The Morgan fingerprint density at radius 1 is 1.53 bits per heavy atom. The molecule has 0 aromatic heterocycles. The van der Waals surface area contributed by atoms with Crippen LogP contribution in [0, 0.1) is 11.3 Å². The summed E-state index contributed by atoms with van der Waals surface area (Å²) in [4.78, 5) is 11.3. The molecule has 0 saturated heterocycles. The zero-order valence-corrected chi connectivity index (χ0v) is 9.00. The van der Waals surface area contributed by atoms with E-state index in [1.165, 1.54) is 6.26 Å². The molecule has 0 aliphatic rings. The molecule has 0 saturated carbocycles. The summed E-state index contributed by atoms with van der Waals surface area (Å²) < 4.78 is 10.8. The van der Waals surface area contributed by atoms with E-state index < -0.39 is 10.8 Å². The van der Waals surface area contributed by atoms with Crippen molar-refractivity contribution < 1.29 is 9.00 Å². The molecule has 1 atom stereocenters. The Morgan fingerprint density at radius 3 is 2.80 bits per heavy atom. The van der Waals surface area contributed by atoms with E-state index in [1.807, 2.05) is 6.07 Å². The maximum Gasteiger partial charge on any atom is 0.237 e. The minimum atomic E-state index is -1.17. The summed E-state index contributed by atoms with van der Waals surface area (Å²) in [6, 6.07) is 8.64. The first-order chi connectivity index (χ1) is 7.13. The van der Waals surface area contributed by atoms with Gasteiger partial charge in [0.1, 0.15) is 11.8 Å². The highest BCUT2D eigenvalue weighted by Gasteiger charge is 2.07. The molecule has 1 unspecified atom stereocenters. The Labute approximate surface area is 90.4 Å². The van der Waals surface area contributed by atoms with Crippen LogP contribution in [0.5, 0.6) is 0 Å². The highest BCUT2D eigenvalue weighted by atomic mass is 32.2. The van der Waals surface area contributed by atoms with Gasteiger partial charge in [-0.05, 0) is 12.1 Å². The van der Waals surface area contributed by atoms with E-state index in [4.69, 9.17) is 5.26 Å². The van der Waals surface area contributed by atoms with Crippen molar-refractivity contribution in [3.8, 4) is 6.07 Å². The van der Waals surface area contributed by atoms with E-state index in [0.29, 0.717) is 11.3 Å². The van der Waals surface area contributed by atoms with Crippen LogP contribution < -0.4 is 5.32 Å². The highest BCUT2D eigenvalue weighted by Crippen LogP contribution is 2.13. The summed E-state index contributed by atoms with van der Waals surface area (Å²) in [5.74, 6) is -0.404. The lowest BCUT2D eigenvalue weighted by molar-refractivity contribution is -0.113. The minimum Gasteiger partial charge on any atom is -0.324 e. The monoisotopic (exact) mass is 222 g/mol. The molecule has 1 aromatic carbocycles. The topological polar surface area (TPSA) is 70.0 Å². The van der Waals surface area contributed by atoms with Crippen molar-refractivity contribution in [3.63, 3.8) is 0 Å². The van der Waals surface area contributed by atoms with E-state index in [2.05, 4.69) is 5.32 Å². The molecular weight excluding hydrogens is 212 g/mol. The Hall–Kier alpha value is -1.67. The van der Waals surface area contributed by atoms with Crippen LogP contribution in [0.2, 0.25) is 0 Å². The van der Waals surface area contributed by atoms with E-state index in [1.54, 1.807) is 24.3 Å². The van der Waals surface area contributed by atoms with Gasteiger partial charge in [0.15, 0.2) is 0 Å². The fourth-order valence-electron chi connectivity index (χ4n) is 1.06. The van der Waals surface area contributed by atoms with Crippen LogP contribution in [0.15, 0.2) is 24.3 Å². The Kier molecular flexibility index (Phi) is 4.01. The molecule has 0 heterocycles. The van der Waals surface area contributed by atoms with Crippen LogP contribution in [-0.2, 0) is 15.6 Å². The molecule has 1 rings (SSSR count). The lowest BCUT2D eigenvalue weighted by atomic mass is 10.2. The van der Waals surface area contributed by atoms with Gasteiger partial charge in [-0.2, -0.15) is 5.26 Å². The third kappa shape index (κ3) is 3.52. The lowest BCUT2D eigenvalue weighted by Crippen LogP contribution is -2.19. The van der Waals surface area contributed by atoms with Gasteiger partial charge < -0.3 is 5.32 Å². The van der Waals surface area contributed by atoms with Crippen molar-refractivity contribution in [2.45, 2.75) is 0 Å². The average Bonchev–Trinajstić information content (AvgIpc) is 2.17. The van der Waals surface area contributed by atoms with Crippen LogP contribution in [0.25, 0.3) is 0 Å². The maximum absolute atomic E-state index is 11.3. The predicted octanol–water partition coefficient (Wildman–Crippen LogP) is 0.875. The average molecular weight is 222 g/mol. The van der Waals surface area contributed by atoms with Crippen molar-refractivity contribution in [1.82, 2.24) is 0 Å². The number of amides is 1. The van der Waals surface area contributed by atoms with Gasteiger partial charge in [-0.1, -0.05) is 12.1 Å². The number of carbonyl (C=O) groups excluding carboxylic acids is 1. The first kappa shape index (κ1) is 11.4. The number of carbonyl (C=O) groups is 1. The molecule has 1 aromatic rings. The van der Waals surface area contributed by atoms with Gasteiger partial charge in [0.25, 0.3) is 0 Å².